The fourth-order valence-corrected chi connectivity index (χ4v) is 2.33. The van der Waals surface area contributed by atoms with Gasteiger partial charge >= 0.3 is 0 Å². The first-order valence-corrected chi connectivity index (χ1v) is 7.12. The van der Waals surface area contributed by atoms with Gasteiger partial charge in [-0.1, -0.05) is 18.5 Å². The van der Waals surface area contributed by atoms with Gasteiger partial charge in [-0.05, 0) is 49.6 Å². The monoisotopic (exact) mass is 290 g/mol. The molecule has 0 atom stereocenters. The molecule has 0 saturated heterocycles. The number of rotatable bonds is 5. The molecule has 1 N–H and O–H groups in total. The highest BCUT2D eigenvalue weighted by Crippen LogP contribution is 2.31. The van der Waals surface area contributed by atoms with Crippen molar-refractivity contribution < 1.29 is 4.74 Å². The van der Waals surface area contributed by atoms with Crippen LogP contribution in [0.3, 0.4) is 0 Å². The maximum Gasteiger partial charge on any atom is 0.133 e. The maximum atomic E-state index is 6.03. The van der Waals surface area contributed by atoms with Gasteiger partial charge in [-0.2, -0.15) is 0 Å². The summed E-state index contributed by atoms with van der Waals surface area (Å²) >= 11 is 6.03. The van der Waals surface area contributed by atoms with Gasteiger partial charge < -0.3 is 10.1 Å². The number of aromatic nitrogens is 1. The molecule has 1 aromatic heterocycles. The van der Waals surface area contributed by atoms with Crippen LogP contribution >= 0.6 is 11.6 Å². The zero-order chi connectivity index (χ0) is 14.5. The lowest BCUT2D eigenvalue weighted by atomic mass is 10.1. The van der Waals surface area contributed by atoms with Crippen LogP contribution in [0.25, 0.3) is 0 Å². The lowest BCUT2D eigenvalue weighted by Crippen LogP contribution is -2.01. The summed E-state index contributed by atoms with van der Waals surface area (Å²) in [4.78, 5) is 4.27. The molecule has 0 radical (unpaired) electrons. The van der Waals surface area contributed by atoms with Crippen molar-refractivity contribution in [1.82, 2.24) is 4.98 Å². The highest BCUT2D eigenvalue weighted by Gasteiger charge is 2.07. The minimum atomic E-state index is 0.729. The van der Waals surface area contributed by atoms with Crippen molar-refractivity contribution in [2.24, 2.45) is 0 Å². The fourth-order valence-electron chi connectivity index (χ4n) is 2.00. The number of aryl methyl sites for hydroxylation is 2. The molecular weight excluding hydrogens is 272 g/mol. The number of nitrogens with zero attached hydrogens (tertiary/aromatic N) is 1. The summed E-state index contributed by atoms with van der Waals surface area (Å²) in [6.07, 6.45) is 2.80. The Bertz CT molecular complexity index is 576. The normalized spacial score (nSPS) is 10.4. The van der Waals surface area contributed by atoms with E-state index in [1.807, 2.05) is 38.1 Å². The van der Waals surface area contributed by atoms with Gasteiger partial charge in [-0.3, -0.25) is 0 Å². The molecule has 4 heteroatoms. The summed E-state index contributed by atoms with van der Waals surface area (Å²) in [6, 6.07) is 7.57. The van der Waals surface area contributed by atoms with Crippen LogP contribution in [0.2, 0.25) is 5.02 Å². The number of hydrogen-bond acceptors (Lipinski definition) is 3. The molecule has 106 valence electrons. The summed E-state index contributed by atoms with van der Waals surface area (Å²) in [5, 5.41) is 3.98. The van der Waals surface area contributed by atoms with Crippen LogP contribution in [0.1, 0.15) is 24.5 Å². The van der Waals surface area contributed by atoms with E-state index >= 15 is 0 Å². The third kappa shape index (κ3) is 3.64. The van der Waals surface area contributed by atoms with Crippen LogP contribution in [0.4, 0.5) is 5.82 Å². The number of nitrogens with one attached hydrogen (secondary N) is 1. The van der Waals surface area contributed by atoms with Crippen LogP contribution in [-0.4, -0.2) is 11.5 Å². The van der Waals surface area contributed by atoms with Gasteiger partial charge in [0.2, 0.25) is 0 Å². The number of ether oxygens (including phenoxy) is 1. The van der Waals surface area contributed by atoms with Crippen molar-refractivity contribution in [3.05, 3.63) is 46.6 Å². The molecule has 0 aliphatic carbocycles. The summed E-state index contributed by atoms with van der Waals surface area (Å²) < 4.78 is 5.98. The van der Waals surface area contributed by atoms with E-state index in [4.69, 9.17) is 16.3 Å². The summed E-state index contributed by atoms with van der Waals surface area (Å²) in [7, 11) is 0. The first-order chi connectivity index (χ1) is 9.60. The number of hydrogen-bond donors (Lipinski definition) is 1. The minimum absolute atomic E-state index is 0.729. The van der Waals surface area contributed by atoms with E-state index in [1.165, 1.54) is 0 Å². The molecular formula is C16H19ClN2O. The van der Waals surface area contributed by atoms with E-state index in [0.29, 0.717) is 0 Å². The standard InChI is InChI=1S/C16H19ClN2O/c1-4-6-18-15-10-14(5-7-19-15)20-16-11(2)8-13(17)9-12(16)3/h5,7-10H,4,6H2,1-3H3,(H,18,19). The van der Waals surface area contributed by atoms with Crippen LogP contribution in [-0.2, 0) is 0 Å². The van der Waals surface area contributed by atoms with E-state index in [-0.39, 0.29) is 0 Å². The van der Waals surface area contributed by atoms with E-state index in [2.05, 4.69) is 17.2 Å². The van der Waals surface area contributed by atoms with Gasteiger partial charge in [0.15, 0.2) is 0 Å². The Balaban J connectivity index is 2.22. The average molecular weight is 291 g/mol. The molecule has 3 nitrogen and oxygen atoms in total. The molecule has 0 unspecified atom stereocenters. The van der Waals surface area contributed by atoms with Crippen LogP contribution in [0.15, 0.2) is 30.5 Å². The van der Waals surface area contributed by atoms with E-state index in [0.717, 1.165) is 46.4 Å². The van der Waals surface area contributed by atoms with Gasteiger partial charge in [0.25, 0.3) is 0 Å². The molecule has 1 aromatic carbocycles. The Morgan fingerprint density at radius 1 is 1.20 bits per heavy atom. The third-order valence-corrected chi connectivity index (χ3v) is 3.15. The summed E-state index contributed by atoms with van der Waals surface area (Å²) in [5.41, 5.74) is 2.05. The van der Waals surface area contributed by atoms with Crippen LogP contribution in [0, 0.1) is 13.8 Å². The number of pyridine rings is 1. The van der Waals surface area contributed by atoms with Gasteiger partial charge in [0, 0.05) is 23.8 Å². The lowest BCUT2D eigenvalue weighted by Gasteiger charge is -2.13. The Hall–Kier alpha value is -1.74. The third-order valence-electron chi connectivity index (χ3n) is 2.93. The van der Waals surface area contributed by atoms with Crippen LogP contribution < -0.4 is 10.1 Å². The predicted octanol–water partition coefficient (Wildman–Crippen LogP) is 4.97. The molecule has 0 saturated carbocycles. The topological polar surface area (TPSA) is 34.1 Å². The van der Waals surface area contributed by atoms with Crippen molar-refractivity contribution in [3.8, 4) is 11.5 Å². The van der Waals surface area contributed by atoms with Crippen molar-refractivity contribution in [2.45, 2.75) is 27.2 Å². The zero-order valence-corrected chi connectivity index (χ0v) is 12.8. The summed E-state index contributed by atoms with van der Waals surface area (Å²) in [6.45, 7) is 7.00. The highest BCUT2D eigenvalue weighted by atomic mass is 35.5. The Morgan fingerprint density at radius 3 is 2.55 bits per heavy atom. The zero-order valence-electron chi connectivity index (χ0n) is 12.0. The van der Waals surface area contributed by atoms with Crippen molar-refractivity contribution in [3.63, 3.8) is 0 Å². The van der Waals surface area contributed by atoms with Gasteiger partial charge in [0.1, 0.15) is 17.3 Å². The van der Waals surface area contributed by atoms with Gasteiger partial charge in [0.05, 0.1) is 0 Å². The Labute approximate surface area is 124 Å². The molecule has 0 aliphatic heterocycles. The lowest BCUT2D eigenvalue weighted by molar-refractivity contribution is 0.474. The Kier molecular flexibility index (Phi) is 4.85. The molecule has 0 aliphatic rings. The van der Waals surface area contributed by atoms with Crippen molar-refractivity contribution in [1.29, 1.82) is 0 Å². The smallest absolute Gasteiger partial charge is 0.133 e. The molecule has 0 spiro atoms. The fraction of sp³-hybridized carbons (Fsp3) is 0.312. The molecule has 0 amide bonds. The number of halogens is 1. The van der Waals surface area contributed by atoms with E-state index < -0.39 is 0 Å². The molecule has 20 heavy (non-hydrogen) atoms. The maximum absolute atomic E-state index is 6.03. The Morgan fingerprint density at radius 2 is 1.90 bits per heavy atom. The van der Waals surface area contributed by atoms with Crippen molar-refractivity contribution in [2.75, 3.05) is 11.9 Å². The van der Waals surface area contributed by atoms with Crippen LogP contribution in [0.5, 0.6) is 11.5 Å². The minimum Gasteiger partial charge on any atom is -0.457 e. The predicted molar refractivity (Wildman–Crippen MR) is 84.0 cm³/mol. The van der Waals surface area contributed by atoms with Gasteiger partial charge in [-0.15, -0.1) is 0 Å². The van der Waals surface area contributed by atoms with E-state index in [1.54, 1.807) is 6.20 Å². The second kappa shape index (κ2) is 6.62. The first kappa shape index (κ1) is 14.7. The molecule has 0 bridgehead atoms. The highest BCUT2D eigenvalue weighted by molar-refractivity contribution is 6.30. The molecule has 2 aromatic rings. The molecule has 1 heterocycles. The quantitative estimate of drug-likeness (QED) is 0.844. The second-order valence-corrected chi connectivity index (χ2v) is 5.21. The first-order valence-electron chi connectivity index (χ1n) is 6.74. The number of anilines is 1. The molecule has 2 rings (SSSR count). The van der Waals surface area contributed by atoms with Crippen molar-refractivity contribution >= 4 is 17.4 Å². The SMILES string of the molecule is CCCNc1cc(Oc2c(C)cc(Cl)cc2C)ccn1. The second-order valence-electron chi connectivity index (χ2n) is 4.77. The molecule has 0 fully saturated rings. The largest absolute Gasteiger partial charge is 0.457 e. The van der Waals surface area contributed by atoms with Gasteiger partial charge in [-0.25, -0.2) is 4.98 Å². The summed E-state index contributed by atoms with van der Waals surface area (Å²) in [5.74, 6) is 2.45. The number of benzene rings is 1. The van der Waals surface area contributed by atoms with E-state index in [9.17, 15) is 0 Å². The average Bonchev–Trinajstić information content (AvgIpc) is 2.41.